The molecule has 2 aromatic rings. The summed E-state index contributed by atoms with van der Waals surface area (Å²) in [7, 11) is 0. The summed E-state index contributed by atoms with van der Waals surface area (Å²) >= 11 is 1.55. The average molecular weight is 265 g/mol. The van der Waals surface area contributed by atoms with Crippen molar-refractivity contribution in [1.82, 2.24) is 15.0 Å². The molecular formula is C12H15N3O2S. The second kappa shape index (κ2) is 5.30. The molecule has 0 bridgehead atoms. The minimum atomic E-state index is -0.423. The Morgan fingerprint density at radius 3 is 2.89 bits per heavy atom. The molecule has 96 valence electrons. The van der Waals surface area contributed by atoms with Gasteiger partial charge in [-0.1, -0.05) is 11.3 Å². The van der Waals surface area contributed by atoms with Crippen LogP contribution in [-0.4, -0.2) is 27.6 Å². The molecule has 0 aromatic carbocycles. The first-order chi connectivity index (χ1) is 8.65. The van der Waals surface area contributed by atoms with Crippen molar-refractivity contribution in [2.45, 2.75) is 26.8 Å². The van der Waals surface area contributed by atoms with Crippen molar-refractivity contribution in [3.8, 4) is 10.6 Å². The van der Waals surface area contributed by atoms with Crippen molar-refractivity contribution in [3.63, 3.8) is 0 Å². The first-order valence-corrected chi connectivity index (χ1v) is 6.69. The van der Waals surface area contributed by atoms with Crippen molar-refractivity contribution in [1.29, 1.82) is 0 Å². The molecule has 0 radical (unpaired) electrons. The molecule has 0 amide bonds. The number of ether oxygens (including phenoxy) is 1. The molecule has 0 unspecified atom stereocenters. The van der Waals surface area contributed by atoms with E-state index in [1.165, 1.54) is 0 Å². The largest absolute Gasteiger partial charge is 0.461 e. The van der Waals surface area contributed by atoms with E-state index in [0.29, 0.717) is 6.61 Å². The van der Waals surface area contributed by atoms with Crippen molar-refractivity contribution in [2.75, 3.05) is 6.61 Å². The zero-order valence-electron chi connectivity index (χ0n) is 10.6. The van der Waals surface area contributed by atoms with E-state index in [4.69, 9.17) is 4.74 Å². The number of thiophene rings is 1. The van der Waals surface area contributed by atoms with Gasteiger partial charge in [0.15, 0.2) is 5.69 Å². The molecular weight excluding hydrogens is 250 g/mol. The summed E-state index contributed by atoms with van der Waals surface area (Å²) in [6, 6.07) is 4.02. The van der Waals surface area contributed by atoms with Gasteiger partial charge >= 0.3 is 5.97 Å². The summed E-state index contributed by atoms with van der Waals surface area (Å²) in [6.45, 7) is 6.11. The summed E-state index contributed by atoms with van der Waals surface area (Å²) < 4.78 is 6.76. The lowest BCUT2D eigenvalue weighted by atomic mass is 10.2. The Labute approximate surface area is 109 Å². The molecule has 0 aliphatic heterocycles. The third-order valence-corrected chi connectivity index (χ3v) is 3.28. The fraction of sp³-hybridized carbons (Fsp3) is 0.417. The Morgan fingerprint density at radius 1 is 1.56 bits per heavy atom. The summed E-state index contributed by atoms with van der Waals surface area (Å²) in [5, 5.41) is 9.96. The zero-order chi connectivity index (χ0) is 13.1. The van der Waals surface area contributed by atoms with E-state index in [1.807, 2.05) is 31.4 Å². The molecule has 6 heteroatoms. The van der Waals surface area contributed by atoms with Crippen LogP contribution in [0.2, 0.25) is 0 Å². The smallest absolute Gasteiger partial charge is 0.361 e. The van der Waals surface area contributed by atoms with E-state index in [0.717, 1.165) is 10.6 Å². The quantitative estimate of drug-likeness (QED) is 0.798. The van der Waals surface area contributed by atoms with Crippen molar-refractivity contribution in [3.05, 3.63) is 23.2 Å². The highest BCUT2D eigenvalue weighted by atomic mass is 32.1. The zero-order valence-corrected chi connectivity index (χ0v) is 11.4. The van der Waals surface area contributed by atoms with Crippen molar-refractivity contribution >= 4 is 17.3 Å². The average Bonchev–Trinajstić information content (AvgIpc) is 2.97. The lowest BCUT2D eigenvalue weighted by molar-refractivity contribution is 0.0520. The fourth-order valence-corrected chi connectivity index (χ4v) is 2.40. The molecule has 0 aliphatic rings. The normalized spacial score (nSPS) is 10.9. The Kier molecular flexibility index (Phi) is 3.76. The van der Waals surface area contributed by atoms with Gasteiger partial charge < -0.3 is 4.74 Å². The standard InChI is InChI=1S/C12H15N3O2S/c1-4-17-12(16)10-11(9-6-5-7-18-9)15(8(2)3)14-13-10/h5-8H,4H2,1-3H3. The van der Waals surface area contributed by atoms with Crippen LogP contribution in [0.25, 0.3) is 10.6 Å². The van der Waals surface area contributed by atoms with E-state index in [2.05, 4.69) is 10.3 Å². The summed E-state index contributed by atoms with van der Waals surface area (Å²) in [5.41, 5.74) is 1.02. The second-order valence-corrected chi connectivity index (χ2v) is 4.97. The van der Waals surface area contributed by atoms with Crippen LogP contribution >= 0.6 is 11.3 Å². The van der Waals surface area contributed by atoms with Gasteiger partial charge in [0.2, 0.25) is 0 Å². The Morgan fingerprint density at radius 2 is 2.33 bits per heavy atom. The van der Waals surface area contributed by atoms with Crippen LogP contribution in [0, 0.1) is 0 Å². The number of carbonyl (C=O) groups excluding carboxylic acids is 1. The Bertz CT molecular complexity index is 532. The first-order valence-electron chi connectivity index (χ1n) is 5.81. The molecule has 2 heterocycles. The van der Waals surface area contributed by atoms with Crippen LogP contribution < -0.4 is 0 Å². The number of nitrogens with zero attached hydrogens (tertiary/aromatic N) is 3. The SMILES string of the molecule is CCOC(=O)c1nnn(C(C)C)c1-c1cccs1. The van der Waals surface area contributed by atoms with E-state index >= 15 is 0 Å². The lowest BCUT2D eigenvalue weighted by Gasteiger charge is -2.09. The number of hydrogen-bond acceptors (Lipinski definition) is 5. The fourth-order valence-electron chi connectivity index (χ4n) is 1.63. The molecule has 18 heavy (non-hydrogen) atoms. The van der Waals surface area contributed by atoms with E-state index in [-0.39, 0.29) is 11.7 Å². The van der Waals surface area contributed by atoms with Gasteiger partial charge in [-0.3, -0.25) is 0 Å². The van der Waals surface area contributed by atoms with E-state index < -0.39 is 5.97 Å². The van der Waals surface area contributed by atoms with E-state index in [9.17, 15) is 4.79 Å². The number of aromatic nitrogens is 3. The van der Waals surface area contributed by atoms with Gasteiger partial charge in [0, 0.05) is 6.04 Å². The van der Waals surface area contributed by atoms with Crippen LogP contribution in [0.4, 0.5) is 0 Å². The van der Waals surface area contributed by atoms with Gasteiger partial charge in [-0.25, -0.2) is 9.48 Å². The molecule has 0 saturated heterocycles. The summed E-state index contributed by atoms with van der Waals surface area (Å²) in [5.74, 6) is -0.423. The number of hydrogen-bond donors (Lipinski definition) is 0. The van der Waals surface area contributed by atoms with Gasteiger partial charge in [-0.2, -0.15) is 0 Å². The number of carbonyl (C=O) groups is 1. The lowest BCUT2D eigenvalue weighted by Crippen LogP contribution is -2.09. The highest BCUT2D eigenvalue weighted by Crippen LogP contribution is 2.29. The number of rotatable bonds is 4. The third kappa shape index (κ3) is 2.28. The van der Waals surface area contributed by atoms with Gasteiger partial charge in [0.1, 0.15) is 5.69 Å². The maximum atomic E-state index is 11.9. The highest BCUT2D eigenvalue weighted by molar-refractivity contribution is 7.13. The maximum absolute atomic E-state index is 11.9. The molecule has 0 saturated carbocycles. The summed E-state index contributed by atoms with van der Waals surface area (Å²) in [4.78, 5) is 12.8. The summed E-state index contributed by atoms with van der Waals surface area (Å²) in [6.07, 6.45) is 0. The van der Waals surface area contributed by atoms with Crippen LogP contribution in [0.15, 0.2) is 17.5 Å². The predicted molar refractivity (Wildman–Crippen MR) is 69.7 cm³/mol. The van der Waals surface area contributed by atoms with Gasteiger partial charge in [0.25, 0.3) is 0 Å². The monoisotopic (exact) mass is 265 g/mol. The topological polar surface area (TPSA) is 57.0 Å². The van der Waals surface area contributed by atoms with Crippen LogP contribution in [-0.2, 0) is 4.74 Å². The molecule has 0 N–H and O–H groups in total. The highest BCUT2D eigenvalue weighted by Gasteiger charge is 2.23. The minimum absolute atomic E-state index is 0.137. The molecule has 2 aromatic heterocycles. The molecule has 0 fully saturated rings. The third-order valence-electron chi connectivity index (χ3n) is 2.41. The molecule has 0 aliphatic carbocycles. The van der Waals surface area contributed by atoms with Gasteiger partial charge in [-0.05, 0) is 32.2 Å². The molecule has 5 nitrogen and oxygen atoms in total. The predicted octanol–water partition coefficient (Wildman–Crippen LogP) is 2.76. The molecule has 0 spiro atoms. The molecule has 0 atom stereocenters. The maximum Gasteiger partial charge on any atom is 0.361 e. The van der Waals surface area contributed by atoms with Gasteiger partial charge in [-0.15, -0.1) is 16.4 Å². The number of esters is 1. The van der Waals surface area contributed by atoms with Crippen LogP contribution in [0.3, 0.4) is 0 Å². The Hall–Kier alpha value is -1.69. The molecule has 2 rings (SSSR count). The minimum Gasteiger partial charge on any atom is -0.461 e. The first kappa shape index (κ1) is 12.8. The Balaban J connectivity index is 2.51. The second-order valence-electron chi connectivity index (χ2n) is 4.02. The van der Waals surface area contributed by atoms with Crippen molar-refractivity contribution in [2.24, 2.45) is 0 Å². The van der Waals surface area contributed by atoms with Crippen molar-refractivity contribution < 1.29 is 9.53 Å². The van der Waals surface area contributed by atoms with E-state index in [1.54, 1.807) is 22.9 Å². The van der Waals surface area contributed by atoms with Crippen LogP contribution in [0.1, 0.15) is 37.3 Å². The van der Waals surface area contributed by atoms with Crippen LogP contribution in [0.5, 0.6) is 0 Å². The van der Waals surface area contributed by atoms with Gasteiger partial charge in [0.05, 0.1) is 11.5 Å².